The number of amides is 1. The molecule has 0 aliphatic rings. The predicted octanol–water partition coefficient (Wildman–Crippen LogP) is 4.78. The molecule has 1 atom stereocenters. The second-order valence-corrected chi connectivity index (χ2v) is 9.30. The number of aromatic nitrogens is 1. The van der Waals surface area contributed by atoms with Gasteiger partial charge >= 0.3 is 0 Å². The van der Waals surface area contributed by atoms with Gasteiger partial charge in [0.05, 0.1) is 12.1 Å². The van der Waals surface area contributed by atoms with Crippen LogP contribution in [-0.2, 0) is 24.2 Å². The molecule has 0 spiro atoms. The van der Waals surface area contributed by atoms with E-state index >= 15 is 0 Å². The number of carbonyl (C=O) groups is 1. The Morgan fingerprint density at radius 1 is 1.00 bits per heavy atom. The molecule has 0 bridgehead atoms. The molecule has 184 valence electrons. The van der Waals surface area contributed by atoms with Crippen molar-refractivity contribution in [2.24, 2.45) is 0 Å². The molecular formula is C29H29N3O4. The van der Waals surface area contributed by atoms with Gasteiger partial charge < -0.3 is 24.9 Å². The third-order valence-electron chi connectivity index (χ3n) is 6.59. The number of para-hydroxylation sites is 2. The van der Waals surface area contributed by atoms with Gasteiger partial charge in [0.1, 0.15) is 11.3 Å². The van der Waals surface area contributed by atoms with Crippen LogP contribution in [0, 0.1) is 0 Å². The predicted molar refractivity (Wildman–Crippen MR) is 140 cm³/mol. The minimum atomic E-state index is -0.916. The van der Waals surface area contributed by atoms with E-state index in [0.717, 1.165) is 38.8 Å². The summed E-state index contributed by atoms with van der Waals surface area (Å²) >= 11 is 0. The first-order chi connectivity index (χ1) is 17.4. The third kappa shape index (κ3) is 4.92. The lowest BCUT2D eigenvalue weighted by atomic mass is 9.91. The maximum atomic E-state index is 13.5. The Kier molecular flexibility index (Phi) is 6.40. The molecule has 0 saturated carbocycles. The summed E-state index contributed by atoms with van der Waals surface area (Å²) in [6.45, 7) is 2.69. The number of aromatic hydroxyl groups is 2. The van der Waals surface area contributed by atoms with Gasteiger partial charge in [-0.3, -0.25) is 10.1 Å². The van der Waals surface area contributed by atoms with Gasteiger partial charge in [-0.15, -0.1) is 0 Å². The SMILES string of the molecule is CC(Cc1c[nH]c2ccccc12)(NCc1cc2ccccc2o1)C(=O)NCCc1ccc(O)c(O)c1. The quantitative estimate of drug-likeness (QED) is 0.194. The van der Waals surface area contributed by atoms with Crippen LogP contribution >= 0.6 is 0 Å². The molecule has 2 heterocycles. The van der Waals surface area contributed by atoms with E-state index in [9.17, 15) is 15.0 Å². The van der Waals surface area contributed by atoms with Crippen LogP contribution in [0.5, 0.6) is 11.5 Å². The lowest BCUT2D eigenvalue weighted by molar-refractivity contribution is -0.127. The van der Waals surface area contributed by atoms with Gasteiger partial charge in [-0.2, -0.15) is 0 Å². The van der Waals surface area contributed by atoms with E-state index in [1.165, 1.54) is 12.1 Å². The molecule has 7 heteroatoms. The number of H-pyrrole nitrogens is 1. The molecule has 0 aliphatic carbocycles. The van der Waals surface area contributed by atoms with Crippen molar-refractivity contribution in [1.82, 2.24) is 15.6 Å². The van der Waals surface area contributed by atoms with Crippen molar-refractivity contribution in [2.45, 2.75) is 31.8 Å². The highest BCUT2D eigenvalue weighted by Crippen LogP contribution is 2.26. The van der Waals surface area contributed by atoms with E-state index < -0.39 is 5.54 Å². The zero-order chi connectivity index (χ0) is 25.1. The molecule has 0 radical (unpaired) electrons. The average molecular weight is 484 g/mol. The summed E-state index contributed by atoms with van der Waals surface area (Å²) in [5.41, 5.74) is 2.79. The van der Waals surface area contributed by atoms with Crippen LogP contribution in [0.3, 0.4) is 0 Å². The fraction of sp³-hybridized carbons (Fsp3) is 0.207. The first-order valence-corrected chi connectivity index (χ1v) is 12.0. The van der Waals surface area contributed by atoms with Crippen molar-refractivity contribution in [2.75, 3.05) is 6.54 Å². The summed E-state index contributed by atoms with van der Waals surface area (Å²) in [7, 11) is 0. The number of benzene rings is 3. The largest absolute Gasteiger partial charge is 0.504 e. The van der Waals surface area contributed by atoms with E-state index in [1.807, 2.05) is 61.7 Å². The molecule has 5 aromatic rings. The first kappa shape index (κ1) is 23.5. The minimum absolute atomic E-state index is 0.133. The Hall–Kier alpha value is -4.23. The molecular weight excluding hydrogens is 454 g/mol. The monoisotopic (exact) mass is 483 g/mol. The van der Waals surface area contributed by atoms with Gasteiger partial charge in [0.25, 0.3) is 0 Å². The van der Waals surface area contributed by atoms with E-state index in [-0.39, 0.29) is 17.4 Å². The number of fused-ring (bicyclic) bond motifs is 2. The summed E-state index contributed by atoms with van der Waals surface area (Å²) in [6.07, 6.45) is 2.95. The number of aromatic amines is 1. The molecule has 5 rings (SSSR count). The van der Waals surface area contributed by atoms with Crippen molar-refractivity contribution in [3.8, 4) is 11.5 Å². The number of hydrogen-bond donors (Lipinski definition) is 5. The topological polar surface area (TPSA) is 111 Å². The first-order valence-electron chi connectivity index (χ1n) is 12.0. The van der Waals surface area contributed by atoms with Gasteiger partial charge in [-0.1, -0.05) is 42.5 Å². The fourth-order valence-corrected chi connectivity index (χ4v) is 4.53. The zero-order valence-electron chi connectivity index (χ0n) is 20.0. The normalized spacial score (nSPS) is 13.1. The van der Waals surface area contributed by atoms with Gasteiger partial charge in [-0.05, 0) is 54.8 Å². The molecule has 5 N–H and O–H groups in total. The molecule has 0 saturated heterocycles. The van der Waals surface area contributed by atoms with E-state index in [4.69, 9.17) is 4.42 Å². The molecule has 1 amide bonds. The van der Waals surface area contributed by atoms with E-state index in [1.54, 1.807) is 6.07 Å². The average Bonchev–Trinajstić information content (AvgIpc) is 3.49. The molecule has 2 aromatic heterocycles. The highest BCUT2D eigenvalue weighted by molar-refractivity contribution is 5.89. The van der Waals surface area contributed by atoms with Crippen molar-refractivity contribution in [3.63, 3.8) is 0 Å². The van der Waals surface area contributed by atoms with Gasteiger partial charge in [0, 0.05) is 35.5 Å². The van der Waals surface area contributed by atoms with Crippen LogP contribution in [0.2, 0.25) is 0 Å². The van der Waals surface area contributed by atoms with Gasteiger partial charge in [-0.25, -0.2) is 0 Å². The van der Waals surface area contributed by atoms with Crippen LogP contribution in [0.1, 0.15) is 23.8 Å². The van der Waals surface area contributed by atoms with Gasteiger partial charge in [0.2, 0.25) is 5.91 Å². The molecule has 0 aliphatic heterocycles. The van der Waals surface area contributed by atoms with Crippen LogP contribution in [0.25, 0.3) is 21.9 Å². The van der Waals surface area contributed by atoms with Crippen molar-refractivity contribution in [1.29, 1.82) is 0 Å². The summed E-state index contributed by atoms with van der Waals surface area (Å²) < 4.78 is 5.96. The smallest absolute Gasteiger partial charge is 0.240 e. The molecule has 1 unspecified atom stereocenters. The molecule has 0 fully saturated rings. The standard InChI is InChI=1S/C29H29N3O4/c1-29(16-21-17-31-24-8-4-3-7-23(21)24,32-18-22-15-20-6-2-5-9-27(20)36-22)28(35)30-13-12-19-10-11-25(33)26(34)14-19/h2-11,14-15,17,31-34H,12-13,16,18H2,1H3,(H,30,35). The fourth-order valence-electron chi connectivity index (χ4n) is 4.53. The number of phenols is 2. The highest BCUT2D eigenvalue weighted by atomic mass is 16.3. The Morgan fingerprint density at radius 2 is 1.81 bits per heavy atom. The number of carbonyl (C=O) groups excluding carboxylic acids is 1. The molecule has 7 nitrogen and oxygen atoms in total. The lowest BCUT2D eigenvalue weighted by Crippen LogP contribution is -2.56. The van der Waals surface area contributed by atoms with Crippen LogP contribution in [0.4, 0.5) is 0 Å². The third-order valence-corrected chi connectivity index (χ3v) is 6.59. The lowest BCUT2D eigenvalue weighted by Gasteiger charge is -2.29. The zero-order valence-corrected chi connectivity index (χ0v) is 20.0. The molecule has 36 heavy (non-hydrogen) atoms. The van der Waals surface area contributed by atoms with Crippen LogP contribution in [-0.4, -0.2) is 33.2 Å². The Labute approximate surface area is 208 Å². The van der Waals surface area contributed by atoms with E-state index in [0.29, 0.717) is 25.9 Å². The molecule has 3 aromatic carbocycles. The summed E-state index contributed by atoms with van der Waals surface area (Å²) in [5, 5.41) is 27.9. The number of rotatable bonds is 9. The number of hydrogen-bond acceptors (Lipinski definition) is 5. The van der Waals surface area contributed by atoms with E-state index in [2.05, 4.69) is 21.7 Å². The van der Waals surface area contributed by atoms with Crippen molar-refractivity contribution >= 4 is 27.8 Å². The number of phenolic OH excluding ortho intramolecular Hbond substituents is 2. The van der Waals surface area contributed by atoms with Crippen molar-refractivity contribution < 1.29 is 19.4 Å². The second kappa shape index (κ2) is 9.79. The number of furan rings is 1. The Morgan fingerprint density at radius 3 is 2.64 bits per heavy atom. The Balaban J connectivity index is 1.33. The van der Waals surface area contributed by atoms with Crippen LogP contribution < -0.4 is 10.6 Å². The van der Waals surface area contributed by atoms with Crippen molar-refractivity contribution in [3.05, 3.63) is 95.9 Å². The summed E-state index contributed by atoms with van der Waals surface area (Å²) in [4.78, 5) is 16.8. The highest BCUT2D eigenvalue weighted by Gasteiger charge is 2.34. The summed E-state index contributed by atoms with van der Waals surface area (Å²) in [5.74, 6) is 0.292. The Bertz CT molecular complexity index is 1490. The van der Waals surface area contributed by atoms with Crippen LogP contribution in [0.15, 0.2) is 83.4 Å². The maximum Gasteiger partial charge on any atom is 0.240 e. The summed E-state index contributed by atoms with van der Waals surface area (Å²) in [6, 6.07) is 22.6. The minimum Gasteiger partial charge on any atom is -0.504 e. The van der Waals surface area contributed by atoms with Gasteiger partial charge in [0.15, 0.2) is 11.5 Å². The second-order valence-electron chi connectivity index (χ2n) is 9.30. The maximum absolute atomic E-state index is 13.5. The number of nitrogens with one attached hydrogen (secondary N) is 3.